The van der Waals surface area contributed by atoms with Crippen molar-refractivity contribution in [3.63, 3.8) is 0 Å². The van der Waals surface area contributed by atoms with Crippen LogP contribution in [0.1, 0.15) is 18.9 Å². The first-order valence-corrected chi connectivity index (χ1v) is 5.46. The van der Waals surface area contributed by atoms with E-state index in [0.29, 0.717) is 13.0 Å². The Morgan fingerprint density at radius 2 is 2.33 bits per heavy atom. The number of rotatable bonds is 3. The van der Waals surface area contributed by atoms with E-state index in [4.69, 9.17) is 5.73 Å². The topological polar surface area (TPSA) is 46.2 Å². The van der Waals surface area contributed by atoms with Gasteiger partial charge < -0.3 is 10.8 Å². The molecule has 12 heavy (non-hydrogen) atoms. The third kappa shape index (κ3) is 2.07. The maximum Gasteiger partial charge on any atom is 0.0899 e. The van der Waals surface area contributed by atoms with Crippen LogP contribution in [0.25, 0.3) is 0 Å². The summed E-state index contributed by atoms with van der Waals surface area (Å²) in [5.74, 6) is 0. The van der Waals surface area contributed by atoms with Gasteiger partial charge >= 0.3 is 0 Å². The molecular formula is C8H12BrNOS. The van der Waals surface area contributed by atoms with Gasteiger partial charge in [0, 0.05) is 15.4 Å². The average Bonchev–Trinajstić information content (AvgIpc) is 2.35. The quantitative estimate of drug-likeness (QED) is 0.862. The lowest BCUT2D eigenvalue weighted by molar-refractivity contribution is 0.0502. The fourth-order valence-electron chi connectivity index (χ4n) is 1.08. The van der Waals surface area contributed by atoms with Crippen LogP contribution in [0.15, 0.2) is 15.2 Å². The molecule has 0 aromatic carbocycles. The Kier molecular flexibility index (Phi) is 3.29. The second-order valence-corrected chi connectivity index (χ2v) is 4.54. The lowest BCUT2D eigenvalue weighted by atomic mass is 9.95. The van der Waals surface area contributed by atoms with E-state index in [-0.39, 0.29) is 0 Å². The predicted octanol–water partition coefficient (Wildman–Crippen LogP) is 2.07. The molecule has 68 valence electrons. The van der Waals surface area contributed by atoms with E-state index >= 15 is 0 Å². The number of nitrogens with two attached hydrogens (primary N) is 1. The SMILES string of the molecule is CC(O)(CCN)c1cscc1Br. The van der Waals surface area contributed by atoms with Crippen molar-refractivity contribution < 1.29 is 5.11 Å². The third-order valence-corrected chi connectivity index (χ3v) is 3.53. The number of hydrogen-bond acceptors (Lipinski definition) is 3. The van der Waals surface area contributed by atoms with Crippen molar-refractivity contribution in [2.24, 2.45) is 5.73 Å². The van der Waals surface area contributed by atoms with E-state index in [9.17, 15) is 5.11 Å². The van der Waals surface area contributed by atoms with Crippen LogP contribution < -0.4 is 5.73 Å². The minimum Gasteiger partial charge on any atom is -0.385 e. The number of aliphatic hydroxyl groups is 1. The molecule has 1 atom stereocenters. The van der Waals surface area contributed by atoms with Gasteiger partial charge in [0.2, 0.25) is 0 Å². The fraction of sp³-hybridized carbons (Fsp3) is 0.500. The van der Waals surface area contributed by atoms with Crippen molar-refractivity contribution in [1.29, 1.82) is 0 Å². The lowest BCUT2D eigenvalue weighted by Gasteiger charge is -2.22. The van der Waals surface area contributed by atoms with Gasteiger partial charge in [-0.15, -0.1) is 0 Å². The van der Waals surface area contributed by atoms with Crippen LogP contribution in [0.3, 0.4) is 0 Å². The van der Waals surface area contributed by atoms with Crippen molar-refractivity contribution in [2.75, 3.05) is 6.54 Å². The van der Waals surface area contributed by atoms with E-state index in [1.54, 1.807) is 18.3 Å². The molecule has 1 aromatic rings. The zero-order chi connectivity index (χ0) is 9.19. The van der Waals surface area contributed by atoms with Crippen LogP contribution in [0, 0.1) is 0 Å². The van der Waals surface area contributed by atoms with Gasteiger partial charge in [-0.3, -0.25) is 0 Å². The summed E-state index contributed by atoms with van der Waals surface area (Å²) in [6, 6.07) is 0. The van der Waals surface area contributed by atoms with Gasteiger partial charge in [-0.05, 0) is 41.2 Å². The normalized spacial score (nSPS) is 16.0. The number of thiophene rings is 1. The molecule has 0 radical (unpaired) electrons. The second-order valence-electron chi connectivity index (χ2n) is 2.95. The molecule has 0 aliphatic rings. The maximum atomic E-state index is 9.95. The van der Waals surface area contributed by atoms with Gasteiger partial charge in [-0.1, -0.05) is 0 Å². The standard InChI is InChI=1S/C8H12BrNOS/c1-8(11,2-3-10)6-4-12-5-7(6)9/h4-5,11H,2-3,10H2,1H3. The molecule has 1 aromatic heterocycles. The van der Waals surface area contributed by atoms with Crippen LogP contribution in [-0.2, 0) is 5.60 Å². The average molecular weight is 250 g/mol. The van der Waals surface area contributed by atoms with Crippen LogP contribution in [-0.4, -0.2) is 11.7 Å². The monoisotopic (exact) mass is 249 g/mol. The van der Waals surface area contributed by atoms with Crippen LogP contribution in [0.4, 0.5) is 0 Å². The van der Waals surface area contributed by atoms with Gasteiger partial charge in [0.05, 0.1) is 5.60 Å². The van der Waals surface area contributed by atoms with Gasteiger partial charge in [-0.2, -0.15) is 11.3 Å². The van der Waals surface area contributed by atoms with E-state index in [1.807, 2.05) is 10.8 Å². The minimum atomic E-state index is -0.798. The lowest BCUT2D eigenvalue weighted by Crippen LogP contribution is -2.24. The molecule has 0 saturated carbocycles. The molecule has 0 bridgehead atoms. The van der Waals surface area contributed by atoms with Crippen molar-refractivity contribution >= 4 is 27.3 Å². The highest BCUT2D eigenvalue weighted by Gasteiger charge is 2.24. The summed E-state index contributed by atoms with van der Waals surface area (Å²) >= 11 is 4.95. The molecule has 1 unspecified atom stereocenters. The molecule has 0 aliphatic carbocycles. The van der Waals surface area contributed by atoms with Crippen LogP contribution in [0.5, 0.6) is 0 Å². The molecule has 0 spiro atoms. The number of halogens is 1. The Morgan fingerprint density at radius 3 is 2.75 bits per heavy atom. The number of hydrogen-bond donors (Lipinski definition) is 2. The molecule has 3 N–H and O–H groups in total. The van der Waals surface area contributed by atoms with Crippen molar-refractivity contribution in [1.82, 2.24) is 0 Å². The van der Waals surface area contributed by atoms with E-state index in [1.165, 1.54) is 0 Å². The van der Waals surface area contributed by atoms with Gasteiger partial charge in [0.15, 0.2) is 0 Å². The smallest absolute Gasteiger partial charge is 0.0899 e. The Bertz CT molecular complexity index is 259. The molecule has 1 rings (SSSR count). The molecule has 0 fully saturated rings. The Balaban J connectivity index is 2.88. The van der Waals surface area contributed by atoms with Crippen molar-refractivity contribution in [3.05, 3.63) is 20.8 Å². The molecule has 4 heteroatoms. The Morgan fingerprint density at radius 1 is 1.67 bits per heavy atom. The summed E-state index contributed by atoms with van der Waals surface area (Å²) < 4.78 is 0.964. The third-order valence-electron chi connectivity index (χ3n) is 1.83. The van der Waals surface area contributed by atoms with E-state index < -0.39 is 5.60 Å². The summed E-state index contributed by atoms with van der Waals surface area (Å²) in [5.41, 5.74) is 5.53. The summed E-state index contributed by atoms with van der Waals surface area (Å²) in [6.45, 7) is 2.28. The molecule has 0 saturated heterocycles. The summed E-state index contributed by atoms with van der Waals surface area (Å²) in [7, 11) is 0. The van der Waals surface area contributed by atoms with Gasteiger partial charge in [-0.25, -0.2) is 0 Å². The molecule has 1 heterocycles. The summed E-state index contributed by atoms with van der Waals surface area (Å²) in [6.07, 6.45) is 0.586. The highest BCUT2D eigenvalue weighted by atomic mass is 79.9. The van der Waals surface area contributed by atoms with E-state index in [0.717, 1.165) is 10.0 Å². The van der Waals surface area contributed by atoms with Crippen LogP contribution in [0.2, 0.25) is 0 Å². The molecule has 0 aliphatic heterocycles. The highest BCUT2D eigenvalue weighted by Crippen LogP contribution is 2.33. The fourth-order valence-corrected chi connectivity index (χ4v) is 2.93. The largest absolute Gasteiger partial charge is 0.385 e. The first-order chi connectivity index (χ1) is 5.58. The Hall–Kier alpha value is 0.100. The minimum absolute atomic E-state index is 0.495. The first kappa shape index (κ1) is 10.2. The van der Waals surface area contributed by atoms with E-state index in [2.05, 4.69) is 15.9 Å². The highest BCUT2D eigenvalue weighted by molar-refractivity contribution is 9.10. The zero-order valence-electron chi connectivity index (χ0n) is 6.88. The molecule has 0 amide bonds. The molecule has 2 nitrogen and oxygen atoms in total. The maximum absolute atomic E-state index is 9.95. The Labute approximate surface area is 84.5 Å². The van der Waals surface area contributed by atoms with Crippen molar-refractivity contribution in [2.45, 2.75) is 18.9 Å². The predicted molar refractivity (Wildman–Crippen MR) is 55.3 cm³/mol. The van der Waals surface area contributed by atoms with Crippen molar-refractivity contribution in [3.8, 4) is 0 Å². The first-order valence-electron chi connectivity index (χ1n) is 3.72. The summed E-state index contributed by atoms with van der Waals surface area (Å²) in [5, 5.41) is 13.9. The summed E-state index contributed by atoms with van der Waals surface area (Å²) in [4.78, 5) is 0. The zero-order valence-corrected chi connectivity index (χ0v) is 9.28. The molecular weight excluding hydrogens is 238 g/mol. The van der Waals surface area contributed by atoms with Gasteiger partial charge in [0.1, 0.15) is 0 Å². The second kappa shape index (κ2) is 3.87. The van der Waals surface area contributed by atoms with Gasteiger partial charge in [0.25, 0.3) is 0 Å². The van der Waals surface area contributed by atoms with Crippen LogP contribution >= 0.6 is 27.3 Å².